The molecule has 0 spiro atoms. The van der Waals surface area contributed by atoms with E-state index in [9.17, 15) is 32.3 Å². The Morgan fingerprint density at radius 3 is 1.33 bits per heavy atom. The molecule has 0 aromatic heterocycles. The molecule has 4 amide bonds. The van der Waals surface area contributed by atoms with Crippen LogP contribution >= 0.6 is 47.8 Å². The van der Waals surface area contributed by atoms with Crippen molar-refractivity contribution in [3.8, 4) is 0 Å². The highest BCUT2D eigenvalue weighted by molar-refractivity contribution is 9.11. The number of nitrogen functional groups attached to an aromatic ring is 6. The summed E-state index contributed by atoms with van der Waals surface area (Å²) in [5, 5.41) is 0. The lowest BCUT2D eigenvalue weighted by Crippen LogP contribution is -2.41. The number of nitrogens with zero attached hydrogens (tertiary/aromatic N) is 2. The molecule has 0 radical (unpaired) electrons. The summed E-state index contributed by atoms with van der Waals surface area (Å²) in [6.07, 6.45) is 4.72. The van der Waals surface area contributed by atoms with Crippen LogP contribution in [0.15, 0.2) is 132 Å². The summed E-state index contributed by atoms with van der Waals surface area (Å²) < 4.78 is 47.1. The molecule has 2 aliphatic heterocycles. The molecule has 12 nitrogen and oxygen atoms in total. The van der Waals surface area contributed by atoms with E-state index in [1.165, 1.54) is 31.3 Å². The Morgan fingerprint density at radius 1 is 0.507 bits per heavy atom. The number of halogens is 6. The highest BCUT2D eigenvalue weighted by Crippen LogP contribution is 2.48. The van der Waals surface area contributed by atoms with Crippen LogP contribution in [0.2, 0.25) is 0 Å². The quantitative estimate of drug-likeness (QED) is 0.0592. The molecular weight excluding hydrogens is 1160 g/mol. The SMILES string of the molecule is C=Cc1cc(C=C)c(N)c(C=C)c1N.C=Cc1cc(C=C)c(N2C(=O)c3ccc(C(C)(c4ccc5c(c4)C(=O)N(C)C5=O)C(F)(F)F)cc3C2=O)c(C=C)c1C.Nc1c(Br)cc(Br)c(N)c1Br.Nc1cccc(N)c1. The third-order valence-corrected chi connectivity index (χ3v) is 14.7. The molecule has 0 aliphatic carbocycles. The van der Waals surface area contributed by atoms with Crippen LogP contribution in [0.1, 0.15) is 98.4 Å². The van der Waals surface area contributed by atoms with Gasteiger partial charge in [-0.3, -0.25) is 24.1 Å². The zero-order chi connectivity index (χ0) is 56.2. The number of alkyl halides is 3. The van der Waals surface area contributed by atoms with Crippen molar-refractivity contribution in [2.24, 2.45) is 0 Å². The van der Waals surface area contributed by atoms with Gasteiger partial charge >= 0.3 is 6.18 Å². The highest BCUT2D eigenvalue weighted by atomic mass is 79.9. The van der Waals surface area contributed by atoms with Crippen LogP contribution in [0.5, 0.6) is 0 Å². The maximum Gasteiger partial charge on any atom is 0.402 e. The molecule has 75 heavy (non-hydrogen) atoms. The summed E-state index contributed by atoms with van der Waals surface area (Å²) in [6, 6.07) is 19.4. The van der Waals surface area contributed by atoms with Crippen molar-refractivity contribution < 1.29 is 32.3 Å². The molecule has 2 aliphatic rings. The monoisotopic (exact) mass is 1210 g/mol. The fourth-order valence-electron chi connectivity index (χ4n) is 8.14. The van der Waals surface area contributed by atoms with E-state index in [0.717, 1.165) is 76.7 Å². The first-order valence-corrected chi connectivity index (χ1v) is 24.6. The molecular formula is C57H52Br3F3N8O4. The molecule has 386 valence electrons. The molecule has 0 fully saturated rings. The van der Waals surface area contributed by atoms with E-state index in [4.69, 9.17) is 34.4 Å². The lowest BCUT2D eigenvalue weighted by molar-refractivity contribution is -0.173. The second-order valence-corrected chi connectivity index (χ2v) is 19.4. The second kappa shape index (κ2) is 23.1. The van der Waals surface area contributed by atoms with Crippen molar-refractivity contribution in [3.63, 3.8) is 0 Å². The van der Waals surface area contributed by atoms with Gasteiger partial charge in [-0.15, -0.1) is 0 Å². The molecule has 8 rings (SSSR count). The summed E-state index contributed by atoms with van der Waals surface area (Å²) in [5.74, 6) is -2.81. The van der Waals surface area contributed by atoms with E-state index in [0.29, 0.717) is 50.8 Å². The topological polar surface area (TPSA) is 231 Å². The number of benzene rings is 6. The van der Waals surface area contributed by atoms with Crippen molar-refractivity contribution in [1.82, 2.24) is 4.90 Å². The van der Waals surface area contributed by atoms with Crippen LogP contribution in [0.4, 0.5) is 53.0 Å². The van der Waals surface area contributed by atoms with Crippen LogP contribution < -0.4 is 39.3 Å². The molecule has 18 heteroatoms. The van der Waals surface area contributed by atoms with Gasteiger partial charge in [-0.25, -0.2) is 4.90 Å². The Kier molecular flexibility index (Phi) is 17.8. The third kappa shape index (κ3) is 11.0. The minimum atomic E-state index is -4.89. The standard InChI is InChI=1S/C33H25F3N2O4.C12H14N2.C6H5Br3N2.C6H8N2/c1-7-18-14-19(8-2)27(22(9-3)17(18)4)38-30(41)24-13-11-21(16-26(24)31(38)42)32(5,33(34,35)36)20-10-12-23-25(15-20)29(40)37(6)28(23)39;1-4-8-7-9(5-2)12(14)10(6-3)11(8)13;7-2-1-3(8)6(11)4(9)5(2)10;7-5-2-1-3-6(8)4-5/h7-16H,1-3H2,4-6H3;4-7H,1-3,13-14H2;1H,10-11H2;1-4H,7-8H2. The van der Waals surface area contributed by atoms with E-state index < -0.39 is 35.2 Å². The number of carbonyl (C=O) groups is 4. The molecule has 0 saturated carbocycles. The van der Waals surface area contributed by atoms with E-state index in [1.54, 1.807) is 55.5 Å². The lowest BCUT2D eigenvalue weighted by Gasteiger charge is -2.33. The number of nitrogens with two attached hydrogens (primary N) is 6. The number of amides is 4. The zero-order valence-corrected chi connectivity index (χ0v) is 45.7. The minimum absolute atomic E-state index is 0.00922. The Hall–Kier alpha value is -7.93. The van der Waals surface area contributed by atoms with Crippen molar-refractivity contribution >= 4 is 148 Å². The van der Waals surface area contributed by atoms with Crippen LogP contribution in [0, 0.1) is 6.92 Å². The van der Waals surface area contributed by atoms with Gasteiger partial charge in [0.25, 0.3) is 23.6 Å². The van der Waals surface area contributed by atoms with Gasteiger partial charge in [-0.1, -0.05) is 94.1 Å². The van der Waals surface area contributed by atoms with Crippen LogP contribution in [-0.4, -0.2) is 41.8 Å². The van der Waals surface area contributed by atoms with Crippen molar-refractivity contribution in [1.29, 1.82) is 0 Å². The summed E-state index contributed by atoms with van der Waals surface area (Å²) >= 11 is 9.85. The third-order valence-electron chi connectivity index (χ3n) is 12.6. The molecule has 6 aromatic carbocycles. The number of imide groups is 2. The average Bonchev–Trinajstić information content (AvgIpc) is 3.75. The lowest BCUT2D eigenvalue weighted by atomic mass is 9.74. The average molecular weight is 1210 g/mol. The first-order valence-electron chi connectivity index (χ1n) is 22.2. The molecule has 6 aromatic rings. The van der Waals surface area contributed by atoms with Gasteiger partial charge in [-0.2, -0.15) is 13.2 Å². The van der Waals surface area contributed by atoms with Crippen LogP contribution in [-0.2, 0) is 5.41 Å². The Morgan fingerprint density at radius 2 is 0.920 bits per heavy atom. The normalized spacial score (nSPS) is 13.1. The predicted octanol–water partition coefficient (Wildman–Crippen LogP) is 13.6. The van der Waals surface area contributed by atoms with Gasteiger partial charge in [0, 0.05) is 49.9 Å². The maximum atomic E-state index is 14.9. The Balaban J connectivity index is 0.000000252. The van der Waals surface area contributed by atoms with Gasteiger partial charge in [-0.05, 0) is 161 Å². The van der Waals surface area contributed by atoms with E-state index >= 15 is 0 Å². The number of rotatable bonds is 9. The van der Waals surface area contributed by atoms with E-state index in [2.05, 4.69) is 87.3 Å². The Bertz CT molecular complexity index is 3350. The summed E-state index contributed by atoms with van der Waals surface area (Å²) in [6.45, 7) is 25.2. The number of hydrogen-bond donors (Lipinski definition) is 6. The van der Waals surface area contributed by atoms with Gasteiger partial charge in [0.1, 0.15) is 5.41 Å². The van der Waals surface area contributed by atoms with Crippen LogP contribution in [0.3, 0.4) is 0 Å². The minimum Gasteiger partial charge on any atom is -0.399 e. The molecule has 0 bridgehead atoms. The van der Waals surface area contributed by atoms with Gasteiger partial charge in [0.2, 0.25) is 0 Å². The summed E-state index contributed by atoms with van der Waals surface area (Å²) in [5.41, 5.74) is 39.1. The first kappa shape index (κ1) is 58.0. The fourth-order valence-corrected chi connectivity index (χ4v) is 10.3. The van der Waals surface area contributed by atoms with Crippen molar-refractivity contribution in [2.45, 2.75) is 25.4 Å². The van der Waals surface area contributed by atoms with Crippen LogP contribution in [0.25, 0.3) is 36.5 Å². The predicted molar refractivity (Wildman–Crippen MR) is 314 cm³/mol. The van der Waals surface area contributed by atoms with Gasteiger partial charge in [0.05, 0.1) is 43.8 Å². The smallest absolute Gasteiger partial charge is 0.399 e. The van der Waals surface area contributed by atoms with E-state index in [-0.39, 0.29) is 39.1 Å². The number of hydrogen-bond acceptors (Lipinski definition) is 10. The molecule has 1 atom stereocenters. The highest BCUT2D eigenvalue weighted by Gasteiger charge is 2.55. The van der Waals surface area contributed by atoms with Gasteiger partial charge < -0.3 is 34.4 Å². The zero-order valence-electron chi connectivity index (χ0n) is 41.0. The number of fused-ring (bicyclic) bond motifs is 2. The molecule has 12 N–H and O–H groups in total. The second-order valence-electron chi connectivity index (χ2n) is 16.9. The van der Waals surface area contributed by atoms with Gasteiger partial charge in [0.15, 0.2) is 0 Å². The summed E-state index contributed by atoms with van der Waals surface area (Å²) in [4.78, 5) is 54.0. The maximum absolute atomic E-state index is 14.9. The molecule has 1 unspecified atom stereocenters. The largest absolute Gasteiger partial charge is 0.402 e. The number of anilines is 7. The van der Waals surface area contributed by atoms with Crippen molar-refractivity contribution in [2.75, 3.05) is 46.3 Å². The molecule has 0 saturated heterocycles. The number of carbonyl (C=O) groups excluding carboxylic acids is 4. The van der Waals surface area contributed by atoms with Crippen molar-refractivity contribution in [3.05, 3.63) is 204 Å². The Labute approximate surface area is 458 Å². The first-order chi connectivity index (χ1) is 35.2. The molecule has 2 heterocycles. The fraction of sp³-hybridized carbons (Fsp3) is 0.0877. The summed E-state index contributed by atoms with van der Waals surface area (Å²) in [7, 11) is 1.25. The van der Waals surface area contributed by atoms with E-state index in [1.807, 2.05) is 18.2 Å².